The third kappa shape index (κ3) is 3.37. The molecule has 0 fully saturated rings. The van der Waals surface area contributed by atoms with Gasteiger partial charge in [-0.1, -0.05) is 36.4 Å². The van der Waals surface area contributed by atoms with Crippen molar-refractivity contribution in [2.24, 2.45) is 0 Å². The number of hydrogen-bond donors (Lipinski definition) is 1. The van der Waals surface area contributed by atoms with Gasteiger partial charge in [-0.15, -0.1) is 0 Å². The van der Waals surface area contributed by atoms with Crippen molar-refractivity contribution in [2.45, 2.75) is 0 Å². The molecular weight excluding hydrogens is 346 g/mol. The number of para-hydroxylation sites is 1. The van der Waals surface area contributed by atoms with Gasteiger partial charge < -0.3 is 14.8 Å². The second kappa shape index (κ2) is 7.24. The van der Waals surface area contributed by atoms with E-state index >= 15 is 0 Å². The van der Waals surface area contributed by atoms with E-state index in [1.54, 1.807) is 0 Å². The largest absolute Gasteiger partial charge is 0.378 e. The number of aromatic amines is 1. The zero-order chi connectivity index (χ0) is 19.7. The summed E-state index contributed by atoms with van der Waals surface area (Å²) >= 11 is 0. The zero-order valence-electron chi connectivity index (χ0n) is 16.3. The van der Waals surface area contributed by atoms with Crippen molar-refractivity contribution in [3.63, 3.8) is 0 Å². The molecule has 3 aromatic carbocycles. The summed E-state index contributed by atoms with van der Waals surface area (Å²) in [5, 5.41) is 1.64. The second-order valence-corrected chi connectivity index (χ2v) is 7.12. The Balaban J connectivity index is 1.76. The zero-order valence-corrected chi connectivity index (χ0v) is 16.3. The lowest BCUT2D eigenvalue weighted by Gasteiger charge is -2.20. The Labute approximate surface area is 164 Å². The monoisotopic (exact) mass is 369 g/mol. The summed E-state index contributed by atoms with van der Waals surface area (Å²) in [5.41, 5.74) is 4.92. The van der Waals surface area contributed by atoms with Gasteiger partial charge in [0.1, 0.15) is 0 Å². The van der Waals surface area contributed by atoms with E-state index < -0.39 is 0 Å². The number of rotatable bonds is 4. The minimum absolute atomic E-state index is 0.0713. The minimum atomic E-state index is -0.0713. The van der Waals surface area contributed by atoms with Crippen LogP contribution >= 0.6 is 0 Å². The molecule has 4 aromatic rings. The molecule has 0 aliphatic carbocycles. The number of aromatic nitrogens is 1. The van der Waals surface area contributed by atoms with Crippen LogP contribution in [0.3, 0.4) is 0 Å². The molecule has 1 N–H and O–H groups in total. The highest BCUT2D eigenvalue weighted by molar-refractivity contribution is 5.88. The van der Waals surface area contributed by atoms with Gasteiger partial charge in [0, 0.05) is 54.8 Å². The van der Waals surface area contributed by atoms with Gasteiger partial charge in [-0.05, 0) is 47.9 Å². The fourth-order valence-electron chi connectivity index (χ4n) is 3.36. The van der Waals surface area contributed by atoms with Crippen LogP contribution in [0.15, 0.2) is 83.7 Å². The van der Waals surface area contributed by atoms with Crippen molar-refractivity contribution in [1.82, 2.24) is 4.98 Å². The maximum atomic E-state index is 12.7. The third-order valence-electron chi connectivity index (χ3n) is 5.03. The highest BCUT2D eigenvalue weighted by Crippen LogP contribution is 2.28. The van der Waals surface area contributed by atoms with E-state index in [0.29, 0.717) is 5.39 Å². The van der Waals surface area contributed by atoms with Crippen LogP contribution in [-0.4, -0.2) is 26.1 Å². The van der Waals surface area contributed by atoms with Crippen molar-refractivity contribution in [3.05, 3.63) is 89.2 Å². The van der Waals surface area contributed by atoms with E-state index in [0.717, 1.165) is 33.7 Å². The summed E-state index contributed by atoms with van der Waals surface area (Å²) < 4.78 is 0. The van der Waals surface area contributed by atoms with Gasteiger partial charge in [0.25, 0.3) is 5.56 Å². The van der Waals surface area contributed by atoms with Crippen molar-refractivity contribution in [2.75, 3.05) is 30.9 Å². The van der Waals surface area contributed by atoms with Crippen molar-refractivity contribution in [1.29, 1.82) is 0 Å². The molecule has 1 heterocycles. The summed E-state index contributed by atoms with van der Waals surface area (Å²) in [7, 11) is 5.98. The summed E-state index contributed by atoms with van der Waals surface area (Å²) in [4.78, 5) is 19.9. The number of pyridine rings is 1. The van der Waals surface area contributed by atoms with E-state index in [1.165, 1.54) is 0 Å². The Bertz CT molecular complexity index is 1180. The average molecular weight is 369 g/mol. The van der Waals surface area contributed by atoms with E-state index in [1.807, 2.05) is 80.6 Å². The molecule has 4 nitrogen and oxygen atoms in total. The van der Waals surface area contributed by atoms with Crippen molar-refractivity contribution in [3.8, 4) is 11.3 Å². The highest BCUT2D eigenvalue weighted by atomic mass is 16.1. The van der Waals surface area contributed by atoms with E-state index in [-0.39, 0.29) is 5.56 Å². The number of anilines is 3. The van der Waals surface area contributed by atoms with Gasteiger partial charge in [0.15, 0.2) is 0 Å². The van der Waals surface area contributed by atoms with Gasteiger partial charge in [0.05, 0.1) is 0 Å². The first kappa shape index (κ1) is 17.9. The van der Waals surface area contributed by atoms with Gasteiger partial charge in [-0.2, -0.15) is 0 Å². The molecule has 4 rings (SSSR count). The summed E-state index contributed by atoms with van der Waals surface area (Å²) in [6.07, 6.45) is 0. The van der Waals surface area contributed by atoms with Crippen LogP contribution in [0.2, 0.25) is 0 Å². The first-order valence-electron chi connectivity index (χ1n) is 9.26. The molecule has 0 saturated carbocycles. The first-order chi connectivity index (χ1) is 13.5. The minimum Gasteiger partial charge on any atom is -0.378 e. The van der Waals surface area contributed by atoms with Crippen LogP contribution in [0.5, 0.6) is 0 Å². The van der Waals surface area contributed by atoms with E-state index in [2.05, 4.69) is 34.1 Å². The van der Waals surface area contributed by atoms with Crippen LogP contribution < -0.4 is 15.4 Å². The summed E-state index contributed by atoms with van der Waals surface area (Å²) in [5.74, 6) is 0. The van der Waals surface area contributed by atoms with E-state index in [4.69, 9.17) is 0 Å². The topological polar surface area (TPSA) is 39.3 Å². The van der Waals surface area contributed by atoms with E-state index in [9.17, 15) is 4.79 Å². The smallest absolute Gasteiger partial charge is 0.256 e. The number of fused-ring (bicyclic) bond motifs is 1. The van der Waals surface area contributed by atoms with Crippen LogP contribution in [0, 0.1) is 0 Å². The molecule has 0 spiro atoms. The molecule has 140 valence electrons. The molecule has 0 aliphatic heterocycles. The summed E-state index contributed by atoms with van der Waals surface area (Å²) in [6.45, 7) is 0. The quantitative estimate of drug-likeness (QED) is 0.548. The molecule has 28 heavy (non-hydrogen) atoms. The van der Waals surface area contributed by atoms with Gasteiger partial charge in [0.2, 0.25) is 0 Å². The molecule has 0 bridgehead atoms. The van der Waals surface area contributed by atoms with Crippen LogP contribution in [0.1, 0.15) is 0 Å². The average Bonchev–Trinajstić information content (AvgIpc) is 2.73. The van der Waals surface area contributed by atoms with Crippen LogP contribution in [0.4, 0.5) is 17.1 Å². The lowest BCUT2D eigenvalue weighted by molar-refractivity contribution is 1.13. The van der Waals surface area contributed by atoms with Gasteiger partial charge in [-0.25, -0.2) is 0 Å². The van der Waals surface area contributed by atoms with Crippen LogP contribution in [0.25, 0.3) is 22.0 Å². The Kier molecular flexibility index (Phi) is 4.62. The Morgan fingerprint density at radius 3 is 2.21 bits per heavy atom. The van der Waals surface area contributed by atoms with Crippen molar-refractivity contribution < 1.29 is 0 Å². The lowest BCUT2D eigenvalue weighted by atomic mass is 10.1. The Morgan fingerprint density at radius 1 is 0.714 bits per heavy atom. The molecule has 0 saturated heterocycles. The maximum absolute atomic E-state index is 12.7. The van der Waals surface area contributed by atoms with Gasteiger partial charge in [-0.3, -0.25) is 4.79 Å². The normalized spacial score (nSPS) is 10.8. The number of benzene rings is 3. The van der Waals surface area contributed by atoms with Crippen molar-refractivity contribution >= 4 is 27.8 Å². The molecule has 0 aliphatic rings. The second-order valence-electron chi connectivity index (χ2n) is 7.12. The predicted octanol–water partition coefficient (Wildman–Crippen LogP) is 5.03. The standard InChI is InChI=1S/C24H23N3O/c1-26(2)20-13-12-17-15-23(25-24(28)22(17)16-20)18-8-7-11-21(14-18)27(3)19-9-5-4-6-10-19/h4-16H,1-3H3,(H,25,28). The number of H-pyrrole nitrogens is 1. The third-order valence-corrected chi connectivity index (χ3v) is 5.03. The molecule has 0 atom stereocenters. The lowest BCUT2D eigenvalue weighted by Crippen LogP contribution is -2.12. The number of nitrogens with zero attached hydrogens (tertiary/aromatic N) is 2. The van der Waals surface area contributed by atoms with Crippen LogP contribution in [-0.2, 0) is 0 Å². The molecule has 1 aromatic heterocycles. The van der Waals surface area contributed by atoms with Gasteiger partial charge >= 0.3 is 0 Å². The molecule has 0 amide bonds. The molecular formula is C24H23N3O. The molecule has 4 heteroatoms. The fourth-order valence-corrected chi connectivity index (χ4v) is 3.36. The summed E-state index contributed by atoms with van der Waals surface area (Å²) in [6, 6.07) is 26.4. The number of hydrogen-bond acceptors (Lipinski definition) is 3. The maximum Gasteiger partial charge on any atom is 0.256 e. The SMILES string of the molecule is CN(C)c1ccc2cc(-c3cccc(N(C)c4ccccc4)c3)[nH]c(=O)c2c1. The highest BCUT2D eigenvalue weighted by Gasteiger charge is 2.09. The number of nitrogens with one attached hydrogen (secondary N) is 1. The predicted molar refractivity (Wildman–Crippen MR) is 119 cm³/mol. The molecule has 0 radical (unpaired) electrons. The molecule has 0 unspecified atom stereocenters. The Hall–Kier alpha value is -3.53. The first-order valence-corrected chi connectivity index (χ1v) is 9.26. The Morgan fingerprint density at radius 2 is 1.46 bits per heavy atom. The fraction of sp³-hybridized carbons (Fsp3) is 0.125.